The summed E-state index contributed by atoms with van der Waals surface area (Å²) in [6.07, 6.45) is 3.51. The largest absolute Gasteiger partial charge is 0.468 e. The molecule has 0 unspecified atom stereocenters. The van der Waals surface area contributed by atoms with Crippen molar-refractivity contribution in [1.82, 2.24) is 19.7 Å². The zero-order valence-electron chi connectivity index (χ0n) is 10.0. The molecule has 19 heavy (non-hydrogen) atoms. The maximum Gasteiger partial charge on any atom is 0.238 e. The van der Waals surface area contributed by atoms with E-state index in [4.69, 9.17) is 4.74 Å². The summed E-state index contributed by atoms with van der Waals surface area (Å²) >= 11 is 0. The van der Waals surface area contributed by atoms with Crippen LogP contribution in [0.2, 0.25) is 0 Å². The Hall–Kier alpha value is -2.69. The minimum Gasteiger partial charge on any atom is -0.468 e. The van der Waals surface area contributed by atoms with Gasteiger partial charge in [0, 0.05) is 11.8 Å². The lowest BCUT2D eigenvalue weighted by Gasteiger charge is -2.18. The number of nitrogens with zero attached hydrogens (tertiary/aromatic N) is 4. The topological polar surface area (TPSA) is 52.8 Å². The average molecular weight is 250 g/mol. The molecule has 92 valence electrons. The van der Waals surface area contributed by atoms with E-state index in [0.717, 1.165) is 22.6 Å². The van der Waals surface area contributed by atoms with Crippen molar-refractivity contribution >= 4 is 0 Å². The Kier molecular flexibility index (Phi) is 2.11. The Morgan fingerprint density at radius 2 is 2.00 bits per heavy atom. The molecular formula is C14H10N4O. The maximum atomic E-state index is 5.56. The first kappa shape index (κ1) is 10.3. The molecule has 3 heterocycles. The molecule has 4 rings (SSSR count). The molecule has 0 aliphatic carbocycles. The highest BCUT2D eigenvalue weighted by Gasteiger charge is 2.19. The van der Waals surface area contributed by atoms with E-state index in [9.17, 15) is 0 Å². The zero-order valence-corrected chi connectivity index (χ0v) is 10.0. The third-order valence-electron chi connectivity index (χ3n) is 3.16. The number of pyridine rings is 1. The molecule has 1 aromatic carbocycles. The number of ether oxygens (including phenoxy) is 1. The van der Waals surface area contributed by atoms with Crippen molar-refractivity contribution in [3.8, 4) is 22.7 Å². The van der Waals surface area contributed by atoms with E-state index in [1.54, 1.807) is 6.33 Å². The van der Waals surface area contributed by atoms with Crippen molar-refractivity contribution in [1.29, 1.82) is 0 Å². The van der Waals surface area contributed by atoms with E-state index in [1.165, 1.54) is 0 Å². The highest BCUT2D eigenvalue weighted by molar-refractivity contribution is 5.66. The van der Waals surface area contributed by atoms with E-state index in [2.05, 4.69) is 27.3 Å². The van der Waals surface area contributed by atoms with Crippen LogP contribution in [0.25, 0.3) is 16.8 Å². The number of hydrogen-bond donors (Lipinski definition) is 0. The third-order valence-corrected chi connectivity index (χ3v) is 3.16. The van der Waals surface area contributed by atoms with E-state index in [0.29, 0.717) is 12.5 Å². The monoisotopic (exact) mass is 250 g/mol. The first-order valence-electron chi connectivity index (χ1n) is 5.99. The number of aromatic nitrogens is 4. The molecule has 2 aromatic heterocycles. The number of fused-ring (bicyclic) bond motifs is 3. The van der Waals surface area contributed by atoms with Gasteiger partial charge in [-0.1, -0.05) is 30.3 Å². The number of rotatable bonds is 1. The van der Waals surface area contributed by atoms with Crippen molar-refractivity contribution in [2.45, 2.75) is 6.61 Å². The molecule has 0 N–H and O–H groups in total. The van der Waals surface area contributed by atoms with Crippen molar-refractivity contribution in [2.75, 3.05) is 0 Å². The third kappa shape index (κ3) is 1.59. The van der Waals surface area contributed by atoms with Gasteiger partial charge in [0.25, 0.3) is 0 Å². The Bertz CT molecular complexity index is 736. The lowest BCUT2D eigenvalue weighted by molar-refractivity contribution is 0.267. The predicted molar refractivity (Wildman–Crippen MR) is 68.9 cm³/mol. The molecule has 0 bridgehead atoms. The lowest BCUT2D eigenvalue weighted by atomic mass is 10.1. The summed E-state index contributed by atoms with van der Waals surface area (Å²) in [6, 6.07) is 12.2. The van der Waals surface area contributed by atoms with Crippen LogP contribution in [0.3, 0.4) is 0 Å². The van der Waals surface area contributed by atoms with Gasteiger partial charge in [-0.3, -0.25) is 4.57 Å². The van der Waals surface area contributed by atoms with Gasteiger partial charge in [-0.05, 0) is 11.6 Å². The molecule has 5 nitrogen and oxygen atoms in total. The highest BCUT2D eigenvalue weighted by Crippen LogP contribution is 2.30. The van der Waals surface area contributed by atoms with Crippen LogP contribution in [0.5, 0.6) is 5.88 Å². The first-order valence-corrected chi connectivity index (χ1v) is 5.99. The minimum atomic E-state index is 0.407. The summed E-state index contributed by atoms with van der Waals surface area (Å²) in [4.78, 5) is 4.38. The second-order valence-electron chi connectivity index (χ2n) is 4.32. The van der Waals surface area contributed by atoms with E-state index < -0.39 is 0 Å². The van der Waals surface area contributed by atoms with Gasteiger partial charge < -0.3 is 4.74 Å². The molecule has 0 fully saturated rings. The predicted octanol–water partition coefficient (Wildman–Crippen LogP) is 2.22. The van der Waals surface area contributed by atoms with Gasteiger partial charge in [0.05, 0.1) is 0 Å². The fourth-order valence-corrected chi connectivity index (χ4v) is 2.20. The Balaban J connectivity index is 1.89. The Morgan fingerprint density at radius 3 is 2.89 bits per heavy atom. The molecular weight excluding hydrogens is 240 g/mol. The Labute approximate surface area is 109 Å². The molecule has 0 radical (unpaired) electrons. The molecule has 0 saturated heterocycles. The van der Waals surface area contributed by atoms with Gasteiger partial charge in [0.2, 0.25) is 5.88 Å². The molecule has 0 atom stereocenters. The highest BCUT2D eigenvalue weighted by atomic mass is 16.5. The molecule has 0 amide bonds. The second-order valence-corrected chi connectivity index (χ2v) is 4.32. The molecule has 3 aromatic rings. The number of benzene rings is 1. The minimum absolute atomic E-state index is 0.407. The Morgan fingerprint density at radius 1 is 1.11 bits per heavy atom. The zero-order chi connectivity index (χ0) is 12.7. The standard InChI is InChI=1S/C14H10N4O/c1-2-4-10(5-3-1)11-6-12-14(15-7-11)19-8-13-17-16-9-18(12)13/h1-7,9H,8H2. The van der Waals surface area contributed by atoms with Crippen molar-refractivity contribution < 1.29 is 4.74 Å². The molecule has 5 heteroatoms. The van der Waals surface area contributed by atoms with Gasteiger partial charge in [0.1, 0.15) is 12.0 Å². The molecule has 1 aliphatic heterocycles. The summed E-state index contributed by atoms with van der Waals surface area (Å²) in [7, 11) is 0. The van der Waals surface area contributed by atoms with Crippen LogP contribution in [-0.4, -0.2) is 19.7 Å². The van der Waals surface area contributed by atoms with Gasteiger partial charge >= 0.3 is 0 Å². The normalized spacial score (nSPS) is 12.4. The smallest absolute Gasteiger partial charge is 0.238 e. The molecule has 1 aliphatic rings. The van der Waals surface area contributed by atoms with E-state index in [1.807, 2.05) is 35.0 Å². The van der Waals surface area contributed by atoms with Crippen LogP contribution in [-0.2, 0) is 6.61 Å². The quantitative estimate of drug-likeness (QED) is 0.664. The van der Waals surface area contributed by atoms with Gasteiger partial charge in [-0.2, -0.15) is 0 Å². The van der Waals surface area contributed by atoms with Gasteiger partial charge in [-0.15, -0.1) is 10.2 Å². The summed E-state index contributed by atoms with van der Waals surface area (Å²) in [5, 5.41) is 7.93. The molecule has 0 spiro atoms. The first-order chi connectivity index (χ1) is 9.42. The fourth-order valence-electron chi connectivity index (χ4n) is 2.20. The number of hydrogen-bond acceptors (Lipinski definition) is 4. The fraction of sp³-hybridized carbons (Fsp3) is 0.0714. The van der Waals surface area contributed by atoms with Crippen LogP contribution in [0.1, 0.15) is 5.82 Å². The summed E-state index contributed by atoms with van der Waals surface area (Å²) in [5.41, 5.74) is 3.05. The summed E-state index contributed by atoms with van der Waals surface area (Å²) < 4.78 is 7.48. The van der Waals surface area contributed by atoms with Crippen LogP contribution in [0, 0.1) is 0 Å². The average Bonchev–Trinajstić information content (AvgIpc) is 2.96. The van der Waals surface area contributed by atoms with Crippen LogP contribution >= 0.6 is 0 Å². The second kappa shape index (κ2) is 3.91. The van der Waals surface area contributed by atoms with E-state index in [-0.39, 0.29) is 0 Å². The van der Waals surface area contributed by atoms with E-state index >= 15 is 0 Å². The van der Waals surface area contributed by atoms with Crippen LogP contribution < -0.4 is 4.74 Å². The molecule has 0 saturated carbocycles. The lowest BCUT2D eigenvalue weighted by Crippen LogP contribution is -2.13. The van der Waals surface area contributed by atoms with Gasteiger partial charge in [0.15, 0.2) is 12.4 Å². The van der Waals surface area contributed by atoms with Crippen molar-refractivity contribution in [2.24, 2.45) is 0 Å². The maximum absolute atomic E-state index is 5.56. The summed E-state index contributed by atoms with van der Waals surface area (Å²) in [6.45, 7) is 0.407. The van der Waals surface area contributed by atoms with Crippen molar-refractivity contribution in [3.63, 3.8) is 0 Å². The summed E-state index contributed by atoms with van der Waals surface area (Å²) in [5.74, 6) is 1.41. The van der Waals surface area contributed by atoms with Gasteiger partial charge in [-0.25, -0.2) is 4.98 Å². The van der Waals surface area contributed by atoms with Crippen molar-refractivity contribution in [3.05, 3.63) is 54.7 Å². The SMILES string of the molecule is c1ccc(-c2cnc3c(c2)-n2cnnc2CO3)cc1. The van der Waals surface area contributed by atoms with Crippen LogP contribution in [0.4, 0.5) is 0 Å². The van der Waals surface area contributed by atoms with Crippen LogP contribution in [0.15, 0.2) is 48.9 Å².